The van der Waals surface area contributed by atoms with Crippen molar-refractivity contribution in [3.63, 3.8) is 0 Å². The fourth-order valence-electron chi connectivity index (χ4n) is 4.11. The van der Waals surface area contributed by atoms with Crippen molar-refractivity contribution in [2.45, 2.75) is 56.5 Å². The van der Waals surface area contributed by atoms with Crippen LogP contribution in [0.2, 0.25) is 5.02 Å². The third kappa shape index (κ3) is 4.87. The molecule has 3 atom stereocenters. The van der Waals surface area contributed by atoms with E-state index in [0.29, 0.717) is 37.1 Å². The topological polar surface area (TPSA) is 69.7 Å². The van der Waals surface area contributed by atoms with E-state index in [2.05, 4.69) is 17.1 Å². The third-order valence-corrected chi connectivity index (χ3v) is 8.20. The second-order valence-electron chi connectivity index (χ2n) is 7.95. The highest BCUT2D eigenvalue weighted by molar-refractivity contribution is 7.89. The zero-order chi connectivity index (χ0) is 20.3. The SMILES string of the molecule is C[C@H](C(=O)N[C@@H]1CCCC[C@@H]1C)N1CCN(S(=O)(=O)c2cccc(Cl)c2)CC1. The van der Waals surface area contributed by atoms with Crippen LogP contribution in [0.4, 0.5) is 0 Å². The van der Waals surface area contributed by atoms with E-state index in [9.17, 15) is 13.2 Å². The first-order valence-corrected chi connectivity index (χ1v) is 11.9. The number of halogens is 1. The van der Waals surface area contributed by atoms with Gasteiger partial charge in [-0.05, 0) is 43.9 Å². The van der Waals surface area contributed by atoms with E-state index in [1.165, 1.54) is 29.6 Å². The van der Waals surface area contributed by atoms with Crippen LogP contribution in [0, 0.1) is 5.92 Å². The largest absolute Gasteiger partial charge is 0.352 e. The summed E-state index contributed by atoms with van der Waals surface area (Å²) in [5.41, 5.74) is 0. The standard InChI is InChI=1S/C20H30ClN3O3S/c1-15-6-3-4-9-19(15)22-20(25)16(2)23-10-12-24(13-11-23)28(26,27)18-8-5-7-17(21)14-18/h5,7-8,14-16,19H,3-4,6,9-13H2,1-2H3,(H,22,25)/t15-,16+,19+/m0/s1. The molecule has 1 aliphatic heterocycles. The second kappa shape index (κ2) is 9.11. The van der Waals surface area contributed by atoms with Gasteiger partial charge in [0.15, 0.2) is 0 Å². The monoisotopic (exact) mass is 427 g/mol. The van der Waals surface area contributed by atoms with Crippen LogP contribution in [-0.4, -0.2) is 61.8 Å². The van der Waals surface area contributed by atoms with E-state index in [-0.39, 0.29) is 22.9 Å². The van der Waals surface area contributed by atoms with Crippen LogP contribution in [0.3, 0.4) is 0 Å². The molecule has 1 aliphatic carbocycles. The summed E-state index contributed by atoms with van der Waals surface area (Å²) in [6.07, 6.45) is 4.63. The van der Waals surface area contributed by atoms with Crippen LogP contribution < -0.4 is 5.32 Å². The minimum Gasteiger partial charge on any atom is -0.352 e. The lowest BCUT2D eigenvalue weighted by molar-refractivity contribution is -0.127. The van der Waals surface area contributed by atoms with Crippen LogP contribution >= 0.6 is 11.6 Å². The lowest BCUT2D eigenvalue weighted by Gasteiger charge is -2.38. The van der Waals surface area contributed by atoms with Crippen molar-refractivity contribution >= 4 is 27.5 Å². The van der Waals surface area contributed by atoms with E-state index < -0.39 is 10.0 Å². The number of piperazine rings is 1. The number of nitrogens with one attached hydrogen (secondary N) is 1. The average Bonchev–Trinajstić information content (AvgIpc) is 2.69. The minimum atomic E-state index is -3.56. The summed E-state index contributed by atoms with van der Waals surface area (Å²) in [4.78, 5) is 15.0. The summed E-state index contributed by atoms with van der Waals surface area (Å²) in [6.45, 7) is 5.92. The quantitative estimate of drug-likeness (QED) is 0.784. The molecule has 28 heavy (non-hydrogen) atoms. The normalized spacial score (nSPS) is 26.0. The van der Waals surface area contributed by atoms with Gasteiger partial charge in [-0.25, -0.2) is 8.42 Å². The maximum atomic E-state index is 12.8. The molecule has 0 radical (unpaired) electrons. The molecule has 1 heterocycles. The molecule has 0 bridgehead atoms. The van der Waals surface area contributed by atoms with Gasteiger partial charge in [-0.3, -0.25) is 9.69 Å². The van der Waals surface area contributed by atoms with E-state index >= 15 is 0 Å². The van der Waals surface area contributed by atoms with Gasteiger partial charge in [0.25, 0.3) is 0 Å². The first-order chi connectivity index (χ1) is 13.3. The summed E-state index contributed by atoms with van der Waals surface area (Å²) >= 11 is 5.94. The number of carbonyl (C=O) groups is 1. The average molecular weight is 428 g/mol. The third-order valence-electron chi connectivity index (χ3n) is 6.07. The molecule has 156 valence electrons. The van der Waals surface area contributed by atoms with Gasteiger partial charge in [0, 0.05) is 37.2 Å². The molecule has 0 unspecified atom stereocenters. The van der Waals surface area contributed by atoms with Crippen molar-refractivity contribution in [1.82, 2.24) is 14.5 Å². The predicted molar refractivity (Wildman–Crippen MR) is 111 cm³/mol. The number of benzene rings is 1. The van der Waals surface area contributed by atoms with E-state index in [4.69, 9.17) is 11.6 Å². The van der Waals surface area contributed by atoms with Gasteiger partial charge in [-0.15, -0.1) is 0 Å². The summed E-state index contributed by atoms with van der Waals surface area (Å²) in [5.74, 6) is 0.564. The highest BCUT2D eigenvalue weighted by Gasteiger charge is 2.33. The molecule has 2 aliphatic rings. The van der Waals surface area contributed by atoms with Crippen molar-refractivity contribution in [3.05, 3.63) is 29.3 Å². The lowest BCUT2D eigenvalue weighted by Crippen LogP contribution is -2.56. The Morgan fingerprint density at radius 3 is 2.50 bits per heavy atom. The zero-order valence-corrected chi connectivity index (χ0v) is 18.2. The highest BCUT2D eigenvalue weighted by atomic mass is 35.5. The number of amides is 1. The maximum Gasteiger partial charge on any atom is 0.243 e. The molecule has 1 aromatic carbocycles. The number of hydrogen-bond acceptors (Lipinski definition) is 4. The Bertz CT molecular complexity index is 794. The Labute approximate surface area is 173 Å². The summed E-state index contributed by atoms with van der Waals surface area (Å²) in [5, 5.41) is 3.62. The van der Waals surface area contributed by atoms with Gasteiger partial charge in [0.1, 0.15) is 0 Å². The molecule has 6 nitrogen and oxygen atoms in total. The lowest BCUT2D eigenvalue weighted by atomic mass is 9.86. The summed E-state index contributed by atoms with van der Waals surface area (Å²) < 4.78 is 27.1. The predicted octanol–water partition coefficient (Wildman–Crippen LogP) is 2.73. The first-order valence-electron chi connectivity index (χ1n) is 10.1. The molecule has 1 saturated heterocycles. The molecule has 1 N–H and O–H groups in total. The van der Waals surface area contributed by atoms with Crippen molar-refractivity contribution in [1.29, 1.82) is 0 Å². The van der Waals surface area contributed by atoms with Crippen molar-refractivity contribution < 1.29 is 13.2 Å². The van der Waals surface area contributed by atoms with Crippen molar-refractivity contribution in [3.8, 4) is 0 Å². The first kappa shape index (κ1) is 21.6. The minimum absolute atomic E-state index is 0.0462. The molecular weight excluding hydrogens is 398 g/mol. The van der Waals surface area contributed by atoms with Gasteiger partial charge in [0.05, 0.1) is 10.9 Å². The number of carbonyl (C=O) groups excluding carboxylic acids is 1. The van der Waals surface area contributed by atoms with Crippen LogP contribution in [0.1, 0.15) is 39.5 Å². The van der Waals surface area contributed by atoms with Crippen LogP contribution in [0.5, 0.6) is 0 Å². The smallest absolute Gasteiger partial charge is 0.243 e. The fraction of sp³-hybridized carbons (Fsp3) is 0.650. The molecular formula is C20H30ClN3O3S. The van der Waals surface area contributed by atoms with Crippen molar-refractivity contribution in [2.24, 2.45) is 5.92 Å². The molecule has 1 amide bonds. The summed E-state index contributed by atoms with van der Waals surface area (Å²) in [6, 6.07) is 6.34. The second-order valence-corrected chi connectivity index (χ2v) is 10.3. The maximum absolute atomic E-state index is 12.8. The molecule has 1 aromatic rings. The molecule has 2 fully saturated rings. The Balaban J connectivity index is 1.56. The van der Waals surface area contributed by atoms with Crippen LogP contribution in [0.15, 0.2) is 29.2 Å². The Morgan fingerprint density at radius 1 is 1.18 bits per heavy atom. The highest BCUT2D eigenvalue weighted by Crippen LogP contribution is 2.24. The summed E-state index contributed by atoms with van der Waals surface area (Å²) in [7, 11) is -3.56. The van der Waals surface area contributed by atoms with Crippen molar-refractivity contribution in [2.75, 3.05) is 26.2 Å². The molecule has 0 aromatic heterocycles. The molecule has 0 spiro atoms. The Morgan fingerprint density at radius 2 is 1.86 bits per heavy atom. The van der Waals surface area contributed by atoms with Gasteiger partial charge in [-0.2, -0.15) is 4.31 Å². The van der Waals surface area contributed by atoms with Crippen LogP contribution in [-0.2, 0) is 14.8 Å². The van der Waals surface area contributed by atoms with E-state index in [1.807, 2.05) is 6.92 Å². The molecule has 1 saturated carbocycles. The molecule has 8 heteroatoms. The number of rotatable bonds is 5. The fourth-order valence-corrected chi connectivity index (χ4v) is 5.83. The zero-order valence-electron chi connectivity index (χ0n) is 16.6. The number of nitrogens with zero attached hydrogens (tertiary/aromatic N) is 2. The van der Waals surface area contributed by atoms with E-state index in [1.54, 1.807) is 18.2 Å². The van der Waals surface area contributed by atoms with Gasteiger partial charge in [0.2, 0.25) is 15.9 Å². The van der Waals surface area contributed by atoms with Gasteiger partial charge < -0.3 is 5.32 Å². The van der Waals surface area contributed by atoms with Gasteiger partial charge >= 0.3 is 0 Å². The molecule has 3 rings (SSSR count). The Kier molecular flexibility index (Phi) is 7.02. The Hall–Kier alpha value is -1.15. The van der Waals surface area contributed by atoms with Gasteiger partial charge in [-0.1, -0.05) is 37.4 Å². The van der Waals surface area contributed by atoms with E-state index in [0.717, 1.165) is 6.42 Å². The van der Waals surface area contributed by atoms with Crippen LogP contribution in [0.25, 0.3) is 0 Å². The number of sulfonamides is 1. The number of hydrogen-bond donors (Lipinski definition) is 1.